The average Bonchev–Trinajstić information content (AvgIpc) is 3.49. The van der Waals surface area contributed by atoms with E-state index in [9.17, 15) is 9.59 Å². The van der Waals surface area contributed by atoms with E-state index in [2.05, 4.69) is 15.9 Å². The zero-order valence-electron chi connectivity index (χ0n) is 17.6. The number of benzene rings is 2. The van der Waals surface area contributed by atoms with Crippen molar-refractivity contribution >= 4 is 50.9 Å². The lowest BCUT2D eigenvalue weighted by Crippen LogP contribution is -2.54. The molecule has 0 aliphatic heterocycles. The van der Waals surface area contributed by atoms with Gasteiger partial charge in [-0.25, -0.2) is 0 Å². The summed E-state index contributed by atoms with van der Waals surface area (Å²) in [5.41, 5.74) is 6.77. The standard InChI is InChI=1S/C23H26BrCl2N3O2/c1-28(2)11-12-29(20(21(27)30)13-15-3-5-16(24)6-4-15)22(31)23(9-10-23)18-8-7-17(25)14-19(18)26/h3-8,14,20H,9-13H2,1-2H3,(H2,27,30)/t20-/m0/s1. The molecule has 1 fully saturated rings. The molecule has 0 unspecified atom stereocenters. The molecule has 166 valence electrons. The van der Waals surface area contributed by atoms with Gasteiger partial charge < -0.3 is 15.5 Å². The second-order valence-electron chi connectivity index (χ2n) is 8.26. The van der Waals surface area contributed by atoms with E-state index >= 15 is 0 Å². The Balaban J connectivity index is 1.95. The van der Waals surface area contributed by atoms with E-state index in [0.717, 1.165) is 15.6 Å². The maximum absolute atomic E-state index is 13.9. The van der Waals surface area contributed by atoms with Gasteiger partial charge in [-0.1, -0.05) is 57.3 Å². The Hall–Kier alpha value is -1.60. The number of amides is 2. The number of primary amides is 1. The van der Waals surface area contributed by atoms with Crippen LogP contribution < -0.4 is 5.73 Å². The van der Waals surface area contributed by atoms with Crippen molar-refractivity contribution < 1.29 is 9.59 Å². The Morgan fingerprint density at radius 2 is 1.74 bits per heavy atom. The number of likely N-dealkylation sites (N-methyl/N-ethyl adjacent to an activating group) is 1. The molecule has 0 saturated heterocycles. The summed E-state index contributed by atoms with van der Waals surface area (Å²) in [6.45, 7) is 1.00. The second kappa shape index (κ2) is 9.90. The largest absolute Gasteiger partial charge is 0.368 e. The fourth-order valence-corrected chi connectivity index (χ4v) is 4.64. The Morgan fingerprint density at radius 1 is 1.10 bits per heavy atom. The van der Waals surface area contributed by atoms with Gasteiger partial charge in [-0.15, -0.1) is 0 Å². The lowest BCUT2D eigenvalue weighted by atomic mass is 9.92. The van der Waals surface area contributed by atoms with Crippen molar-refractivity contribution in [3.05, 3.63) is 68.1 Å². The van der Waals surface area contributed by atoms with Gasteiger partial charge in [-0.2, -0.15) is 0 Å². The van der Waals surface area contributed by atoms with Crippen LogP contribution in [0.4, 0.5) is 0 Å². The molecule has 0 radical (unpaired) electrons. The Labute approximate surface area is 201 Å². The molecular weight excluding hydrogens is 501 g/mol. The zero-order chi connectivity index (χ0) is 22.8. The molecule has 1 aliphatic rings. The maximum atomic E-state index is 13.9. The summed E-state index contributed by atoms with van der Waals surface area (Å²) in [5.74, 6) is -0.632. The lowest BCUT2D eigenvalue weighted by Gasteiger charge is -2.34. The van der Waals surface area contributed by atoms with E-state index < -0.39 is 17.4 Å². The predicted molar refractivity (Wildman–Crippen MR) is 128 cm³/mol. The SMILES string of the molecule is CN(C)CCN(C(=O)C1(c2ccc(Cl)cc2Cl)CC1)[C@@H](Cc1ccc(Br)cc1)C(N)=O. The highest BCUT2D eigenvalue weighted by atomic mass is 79.9. The van der Waals surface area contributed by atoms with Crippen LogP contribution in [0.3, 0.4) is 0 Å². The van der Waals surface area contributed by atoms with E-state index in [4.69, 9.17) is 28.9 Å². The molecule has 2 amide bonds. The van der Waals surface area contributed by atoms with E-state index in [-0.39, 0.29) is 5.91 Å². The number of carbonyl (C=O) groups excluding carboxylic acids is 2. The third-order valence-corrected chi connectivity index (χ3v) is 6.78. The smallest absolute Gasteiger partial charge is 0.240 e. The minimum absolute atomic E-state index is 0.112. The molecule has 1 aliphatic carbocycles. The summed E-state index contributed by atoms with van der Waals surface area (Å²) in [6, 6.07) is 12.1. The van der Waals surface area contributed by atoms with Crippen molar-refractivity contribution in [2.24, 2.45) is 5.73 Å². The van der Waals surface area contributed by atoms with Gasteiger partial charge in [0.1, 0.15) is 6.04 Å². The van der Waals surface area contributed by atoms with Crippen LogP contribution in [0.5, 0.6) is 0 Å². The highest BCUT2D eigenvalue weighted by molar-refractivity contribution is 9.10. The van der Waals surface area contributed by atoms with E-state index in [1.165, 1.54) is 0 Å². The van der Waals surface area contributed by atoms with Gasteiger partial charge in [0.25, 0.3) is 0 Å². The third-order valence-electron chi connectivity index (χ3n) is 5.70. The van der Waals surface area contributed by atoms with Crippen LogP contribution >= 0.6 is 39.1 Å². The van der Waals surface area contributed by atoms with Crippen molar-refractivity contribution in [2.45, 2.75) is 30.7 Å². The Morgan fingerprint density at radius 3 is 2.26 bits per heavy atom. The van der Waals surface area contributed by atoms with Crippen LogP contribution in [-0.4, -0.2) is 54.8 Å². The van der Waals surface area contributed by atoms with Gasteiger partial charge in [0, 0.05) is 34.0 Å². The van der Waals surface area contributed by atoms with Crippen molar-refractivity contribution in [3.63, 3.8) is 0 Å². The third kappa shape index (κ3) is 5.61. The minimum atomic E-state index is -0.753. The van der Waals surface area contributed by atoms with Gasteiger partial charge in [0.15, 0.2) is 0 Å². The molecule has 5 nitrogen and oxygen atoms in total. The number of nitrogens with two attached hydrogens (primary N) is 1. The first-order valence-corrected chi connectivity index (χ1v) is 11.6. The first kappa shape index (κ1) is 24.1. The van der Waals surface area contributed by atoms with E-state index in [1.54, 1.807) is 17.0 Å². The number of hydrogen-bond acceptors (Lipinski definition) is 3. The molecule has 0 bridgehead atoms. The minimum Gasteiger partial charge on any atom is -0.368 e. The Bertz CT molecular complexity index is 962. The number of hydrogen-bond donors (Lipinski definition) is 1. The summed E-state index contributed by atoms with van der Waals surface area (Å²) < 4.78 is 0.946. The van der Waals surface area contributed by atoms with Crippen LogP contribution in [0.25, 0.3) is 0 Å². The van der Waals surface area contributed by atoms with Gasteiger partial charge in [0.05, 0.1) is 5.41 Å². The first-order chi connectivity index (χ1) is 14.6. The molecule has 0 aromatic heterocycles. The zero-order valence-corrected chi connectivity index (χ0v) is 20.7. The fraction of sp³-hybridized carbons (Fsp3) is 0.391. The van der Waals surface area contributed by atoms with Crippen LogP contribution in [-0.2, 0) is 21.4 Å². The lowest BCUT2D eigenvalue weighted by molar-refractivity contribution is -0.141. The van der Waals surface area contributed by atoms with E-state index in [0.29, 0.717) is 42.4 Å². The average molecular weight is 527 g/mol. The number of halogens is 3. The molecule has 1 atom stereocenters. The van der Waals surface area contributed by atoms with Gasteiger partial charge in [0.2, 0.25) is 11.8 Å². The molecular formula is C23H26BrCl2N3O2. The van der Waals surface area contributed by atoms with Gasteiger partial charge >= 0.3 is 0 Å². The highest BCUT2D eigenvalue weighted by Crippen LogP contribution is 2.52. The predicted octanol–water partition coefficient (Wildman–Crippen LogP) is 4.27. The molecule has 2 aromatic carbocycles. The van der Waals surface area contributed by atoms with Crippen LogP contribution in [0.2, 0.25) is 10.0 Å². The van der Waals surface area contributed by atoms with Gasteiger partial charge in [-0.05, 0) is 62.3 Å². The monoisotopic (exact) mass is 525 g/mol. The molecule has 0 heterocycles. The molecule has 1 saturated carbocycles. The van der Waals surface area contributed by atoms with Crippen molar-refractivity contribution in [2.75, 3.05) is 27.2 Å². The Kier molecular flexibility index (Phi) is 7.68. The van der Waals surface area contributed by atoms with Crippen molar-refractivity contribution in [3.8, 4) is 0 Å². The van der Waals surface area contributed by atoms with E-state index in [1.807, 2.05) is 49.3 Å². The summed E-state index contributed by atoms with van der Waals surface area (Å²) in [6.07, 6.45) is 1.71. The summed E-state index contributed by atoms with van der Waals surface area (Å²) >= 11 is 15.9. The molecule has 2 aromatic rings. The van der Waals surface area contributed by atoms with Gasteiger partial charge in [-0.3, -0.25) is 9.59 Å². The fourth-order valence-electron chi connectivity index (χ4n) is 3.79. The summed E-state index contributed by atoms with van der Waals surface area (Å²) in [7, 11) is 3.86. The normalized spacial score (nSPS) is 15.5. The summed E-state index contributed by atoms with van der Waals surface area (Å²) in [4.78, 5) is 30.0. The molecule has 3 rings (SSSR count). The first-order valence-electron chi connectivity index (χ1n) is 10.1. The highest BCUT2D eigenvalue weighted by Gasteiger charge is 2.55. The molecule has 2 N–H and O–H groups in total. The topological polar surface area (TPSA) is 66.6 Å². The number of carbonyl (C=O) groups is 2. The molecule has 8 heteroatoms. The maximum Gasteiger partial charge on any atom is 0.240 e. The number of rotatable bonds is 9. The number of nitrogens with zero attached hydrogens (tertiary/aromatic N) is 2. The molecule has 31 heavy (non-hydrogen) atoms. The van der Waals surface area contributed by atoms with Crippen LogP contribution in [0, 0.1) is 0 Å². The van der Waals surface area contributed by atoms with Crippen molar-refractivity contribution in [1.29, 1.82) is 0 Å². The second-order valence-corrected chi connectivity index (χ2v) is 10.0. The molecule has 0 spiro atoms. The van der Waals surface area contributed by atoms with Crippen LogP contribution in [0.15, 0.2) is 46.9 Å². The quantitative estimate of drug-likeness (QED) is 0.530. The summed E-state index contributed by atoms with van der Waals surface area (Å²) in [5, 5.41) is 0.987. The van der Waals surface area contributed by atoms with Crippen molar-refractivity contribution in [1.82, 2.24) is 9.80 Å². The van der Waals surface area contributed by atoms with Crippen LogP contribution in [0.1, 0.15) is 24.0 Å².